The van der Waals surface area contributed by atoms with Gasteiger partial charge in [0.25, 0.3) is 5.91 Å². The summed E-state index contributed by atoms with van der Waals surface area (Å²) in [5, 5.41) is 9.52. The molecule has 32 heavy (non-hydrogen) atoms. The standard InChI is InChI=1S/C24H19ClN2O4S/c1-13-8-10-15(11-9-13)17-12-32-23(20(17)24(29)30-3)26-22(28)19-14(2)31-27-21(19)16-6-4-5-7-18(16)25/h4-12H,1-3H3,(H,26,28). The van der Waals surface area contributed by atoms with E-state index in [0.717, 1.165) is 11.1 Å². The zero-order chi connectivity index (χ0) is 22.8. The lowest BCUT2D eigenvalue weighted by molar-refractivity contribution is 0.0603. The number of halogens is 1. The molecule has 2 heterocycles. The molecule has 1 amide bonds. The van der Waals surface area contributed by atoms with E-state index < -0.39 is 11.9 Å². The second-order valence-corrected chi connectivity index (χ2v) is 8.39. The summed E-state index contributed by atoms with van der Waals surface area (Å²) < 4.78 is 10.3. The Morgan fingerprint density at radius 2 is 1.75 bits per heavy atom. The molecule has 4 aromatic rings. The first-order valence-corrected chi connectivity index (χ1v) is 11.0. The van der Waals surface area contributed by atoms with Gasteiger partial charge >= 0.3 is 5.97 Å². The number of carbonyl (C=O) groups excluding carboxylic acids is 2. The van der Waals surface area contributed by atoms with Crippen molar-refractivity contribution >= 4 is 39.8 Å². The van der Waals surface area contributed by atoms with Crippen LogP contribution in [0.3, 0.4) is 0 Å². The van der Waals surface area contributed by atoms with E-state index in [2.05, 4.69) is 10.5 Å². The van der Waals surface area contributed by atoms with Crippen molar-refractivity contribution in [3.63, 3.8) is 0 Å². The van der Waals surface area contributed by atoms with Crippen molar-refractivity contribution < 1.29 is 18.8 Å². The first-order valence-electron chi connectivity index (χ1n) is 9.70. The second kappa shape index (κ2) is 8.98. The van der Waals surface area contributed by atoms with Gasteiger partial charge in [0.2, 0.25) is 0 Å². The van der Waals surface area contributed by atoms with Gasteiger partial charge in [-0.2, -0.15) is 0 Å². The molecule has 0 fully saturated rings. The number of aromatic nitrogens is 1. The number of hydrogen-bond donors (Lipinski definition) is 1. The zero-order valence-electron chi connectivity index (χ0n) is 17.6. The van der Waals surface area contributed by atoms with Crippen LogP contribution in [0.25, 0.3) is 22.4 Å². The van der Waals surface area contributed by atoms with Crippen LogP contribution in [0.2, 0.25) is 5.02 Å². The number of carbonyl (C=O) groups is 2. The lowest BCUT2D eigenvalue weighted by Crippen LogP contribution is -2.15. The summed E-state index contributed by atoms with van der Waals surface area (Å²) in [4.78, 5) is 25.9. The van der Waals surface area contributed by atoms with E-state index in [9.17, 15) is 9.59 Å². The third-order valence-electron chi connectivity index (χ3n) is 4.99. The number of aryl methyl sites for hydroxylation is 2. The van der Waals surface area contributed by atoms with Crippen LogP contribution in [-0.2, 0) is 4.74 Å². The number of rotatable bonds is 5. The van der Waals surface area contributed by atoms with Crippen molar-refractivity contribution in [3.05, 3.63) is 81.4 Å². The van der Waals surface area contributed by atoms with Gasteiger partial charge in [-0.1, -0.05) is 64.8 Å². The van der Waals surface area contributed by atoms with E-state index in [1.165, 1.54) is 18.4 Å². The van der Waals surface area contributed by atoms with E-state index in [-0.39, 0.29) is 5.56 Å². The van der Waals surface area contributed by atoms with E-state index in [1.807, 2.05) is 36.6 Å². The molecular formula is C24H19ClN2O4S. The topological polar surface area (TPSA) is 81.4 Å². The number of nitrogens with zero attached hydrogens (tertiary/aromatic N) is 1. The second-order valence-electron chi connectivity index (χ2n) is 7.11. The Morgan fingerprint density at radius 1 is 1.03 bits per heavy atom. The average Bonchev–Trinajstić information content (AvgIpc) is 3.37. The summed E-state index contributed by atoms with van der Waals surface area (Å²) in [6, 6.07) is 14.8. The lowest BCUT2D eigenvalue weighted by Gasteiger charge is -2.09. The fraction of sp³-hybridized carbons (Fsp3) is 0.125. The summed E-state index contributed by atoms with van der Waals surface area (Å²) in [6.45, 7) is 3.64. The van der Waals surface area contributed by atoms with Crippen LogP contribution >= 0.6 is 22.9 Å². The molecule has 0 radical (unpaired) electrons. The molecule has 0 spiro atoms. The summed E-state index contributed by atoms with van der Waals surface area (Å²) in [5.74, 6) is -0.654. The maximum atomic E-state index is 13.3. The van der Waals surface area contributed by atoms with Crippen LogP contribution in [-0.4, -0.2) is 24.1 Å². The molecule has 6 nitrogen and oxygen atoms in total. The number of ether oxygens (including phenoxy) is 1. The minimum absolute atomic E-state index is 0.249. The molecule has 0 aliphatic rings. The van der Waals surface area contributed by atoms with Crippen LogP contribution in [0.1, 0.15) is 32.0 Å². The Hall–Kier alpha value is -3.42. The summed E-state index contributed by atoms with van der Waals surface area (Å²) in [7, 11) is 1.31. The molecule has 8 heteroatoms. The molecule has 2 aromatic heterocycles. The van der Waals surface area contributed by atoms with E-state index in [1.54, 1.807) is 31.2 Å². The van der Waals surface area contributed by atoms with Crippen molar-refractivity contribution in [2.24, 2.45) is 0 Å². The number of anilines is 1. The Morgan fingerprint density at radius 3 is 2.44 bits per heavy atom. The van der Waals surface area contributed by atoms with Crippen LogP contribution in [0.5, 0.6) is 0 Å². The minimum Gasteiger partial charge on any atom is -0.465 e. The molecule has 1 N–H and O–H groups in total. The van der Waals surface area contributed by atoms with Gasteiger partial charge in [0, 0.05) is 16.5 Å². The average molecular weight is 467 g/mol. The monoisotopic (exact) mass is 466 g/mol. The molecule has 0 saturated heterocycles. The van der Waals surface area contributed by atoms with Crippen molar-refractivity contribution in [1.29, 1.82) is 0 Å². The summed E-state index contributed by atoms with van der Waals surface area (Å²) >= 11 is 7.55. The molecule has 2 aromatic carbocycles. The van der Waals surface area contributed by atoms with Gasteiger partial charge in [0.15, 0.2) is 0 Å². The number of nitrogens with one attached hydrogen (secondary N) is 1. The predicted octanol–water partition coefficient (Wildman–Crippen LogP) is 6.38. The quantitative estimate of drug-likeness (QED) is 0.345. The number of amides is 1. The Kier molecular flexibility index (Phi) is 6.12. The van der Waals surface area contributed by atoms with Gasteiger partial charge < -0.3 is 14.6 Å². The van der Waals surface area contributed by atoms with Gasteiger partial charge in [0.05, 0.1) is 12.1 Å². The molecule has 162 valence electrons. The van der Waals surface area contributed by atoms with Crippen molar-refractivity contribution in [2.75, 3.05) is 12.4 Å². The number of benzene rings is 2. The molecule has 0 aliphatic carbocycles. The number of methoxy groups -OCH3 is 1. The zero-order valence-corrected chi connectivity index (χ0v) is 19.1. The summed E-state index contributed by atoms with van der Waals surface area (Å²) in [6.07, 6.45) is 0. The highest BCUT2D eigenvalue weighted by Gasteiger charge is 2.27. The molecule has 4 rings (SSSR count). The fourth-order valence-corrected chi connectivity index (χ4v) is 4.52. The van der Waals surface area contributed by atoms with Crippen molar-refractivity contribution in [2.45, 2.75) is 13.8 Å². The van der Waals surface area contributed by atoms with Crippen LogP contribution in [0.15, 0.2) is 58.4 Å². The Bertz CT molecular complexity index is 1310. The van der Waals surface area contributed by atoms with Crippen LogP contribution in [0.4, 0.5) is 5.00 Å². The van der Waals surface area contributed by atoms with Gasteiger partial charge in [0.1, 0.15) is 27.6 Å². The third-order valence-corrected chi connectivity index (χ3v) is 6.21. The Labute approximate surface area is 193 Å². The number of esters is 1. The highest BCUT2D eigenvalue weighted by atomic mass is 35.5. The van der Waals surface area contributed by atoms with Crippen molar-refractivity contribution in [3.8, 4) is 22.4 Å². The Balaban J connectivity index is 1.74. The SMILES string of the molecule is COC(=O)c1c(-c2ccc(C)cc2)csc1NC(=O)c1c(-c2ccccc2Cl)noc1C. The van der Waals surface area contributed by atoms with Gasteiger partial charge in [-0.25, -0.2) is 4.79 Å². The number of thiophene rings is 1. The predicted molar refractivity (Wildman–Crippen MR) is 125 cm³/mol. The molecule has 0 bridgehead atoms. The number of hydrogen-bond acceptors (Lipinski definition) is 6. The largest absolute Gasteiger partial charge is 0.465 e. The van der Waals surface area contributed by atoms with Crippen LogP contribution < -0.4 is 5.32 Å². The highest BCUT2D eigenvalue weighted by Crippen LogP contribution is 2.37. The van der Waals surface area contributed by atoms with Gasteiger partial charge in [-0.15, -0.1) is 11.3 Å². The van der Waals surface area contributed by atoms with Gasteiger partial charge in [-0.3, -0.25) is 4.79 Å². The van der Waals surface area contributed by atoms with Gasteiger partial charge in [-0.05, 0) is 25.5 Å². The smallest absolute Gasteiger partial charge is 0.341 e. The minimum atomic E-state index is -0.537. The van der Waals surface area contributed by atoms with E-state index >= 15 is 0 Å². The highest BCUT2D eigenvalue weighted by molar-refractivity contribution is 7.15. The van der Waals surface area contributed by atoms with E-state index in [0.29, 0.717) is 38.2 Å². The lowest BCUT2D eigenvalue weighted by atomic mass is 10.0. The normalized spacial score (nSPS) is 10.8. The maximum Gasteiger partial charge on any atom is 0.341 e. The molecular weight excluding hydrogens is 448 g/mol. The first kappa shape index (κ1) is 21.8. The van der Waals surface area contributed by atoms with E-state index in [4.69, 9.17) is 20.9 Å². The molecule has 0 aliphatic heterocycles. The molecule has 0 unspecified atom stereocenters. The fourth-order valence-electron chi connectivity index (χ4n) is 3.34. The maximum absolute atomic E-state index is 13.3. The first-order chi connectivity index (χ1) is 15.4. The third kappa shape index (κ3) is 4.04. The molecule has 0 atom stereocenters. The molecule has 0 saturated carbocycles. The van der Waals surface area contributed by atoms with Crippen LogP contribution in [0, 0.1) is 13.8 Å². The summed E-state index contributed by atoms with van der Waals surface area (Å²) in [5.41, 5.74) is 4.10. The van der Waals surface area contributed by atoms with Crippen molar-refractivity contribution in [1.82, 2.24) is 5.16 Å².